The lowest BCUT2D eigenvalue weighted by Crippen LogP contribution is -2.13. The Balaban J connectivity index is 1.76. The highest BCUT2D eigenvalue weighted by atomic mass is 19.1. The first-order chi connectivity index (χ1) is 13.0. The van der Waals surface area contributed by atoms with E-state index in [0.717, 1.165) is 12.1 Å². The van der Waals surface area contributed by atoms with Crippen LogP contribution in [0.4, 0.5) is 20.2 Å². The Labute approximate surface area is 153 Å². The Morgan fingerprint density at radius 1 is 1.07 bits per heavy atom. The Morgan fingerprint density at radius 3 is 2.52 bits per heavy atom. The molecule has 2 amide bonds. The highest BCUT2D eigenvalue weighted by molar-refractivity contribution is 6.04. The highest BCUT2D eigenvalue weighted by Gasteiger charge is 2.12. The smallest absolute Gasteiger partial charge is 0.258 e. The molecular weight excluding hydrogens is 354 g/mol. The van der Waals surface area contributed by atoms with Crippen LogP contribution < -0.4 is 10.6 Å². The van der Waals surface area contributed by atoms with Gasteiger partial charge in [-0.2, -0.15) is 5.10 Å². The molecule has 2 N–H and O–H groups in total. The molecule has 0 saturated carbocycles. The van der Waals surface area contributed by atoms with Gasteiger partial charge in [-0.25, -0.2) is 13.5 Å². The number of benzene rings is 2. The van der Waals surface area contributed by atoms with Crippen LogP contribution in [0.25, 0.3) is 5.69 Å². The maximum atomic E-state index is 13.7. The van der Waals surface area contributed by atoms with Crippen LogP contribution in [0.3, 0.4) is 0 Å². The summed E-state index contributed by atoms with van der Waals surface area (Å²) in [7, 11) is 0. The molecule has 1 heterocycles. The van der Waals surface area contributed by atoms with Gasteiger partial charge in [0.05, 0.1) is 23.1 Å². The third kappa shape index (κ3) is 4.24. The largest absolute Gasteiger partial charge is 0.322 e. The predicted molar refractivity (Wildman–Crippen MR) is 96.7 cm³/mol. The minimum absolute atomic E-state index is 0.0836. The first-order valence-corrected chi connectivity index (χ1v) is 7.81. The van der Waals surface area contributed by atoms with Gasteiger partial charge < -0.3 is 10.6 Å². The number of hydrogen-bond acceptors (Lipinski definition) is 3. The lowest BCUT2D eigenvalue weighted by Gasteiger charge is -2.08. The topological polar surface area (TPSA) is 76.0 Å². The van der Waals surface area contributed by atoms with Crippen LogP contribution in [0.1, 0.15) is 10.4 Å². The van der Waals surface area contributed by atoms with Gasteiger partial charge >= 0.3 is 0 Å². The molecule has 3 aromatic rings. The second kappa shape index (κ2) is 7.61. The molecule has 0 saturated heterocycles. The van der Waals surface area contributed by atoms with Crippen LogP contribution >= 0.6 is 0 Å². The first kappa shape index (κ1) is 18.0. The Kier molecular flexibility index (Phi) is 5.07. The third-order valence-corrected chi connectivity index (χ3v) is 3.60. The first-order valence-electron chi connectivity index (χ1n) is 7.81. The summed E-state index contributed by atoms with van der Waals surface area (Å²) in [6.45, 7) is 3.29. The van der Waals surface area contributed by atoms with Crippen molar-refractivity contribution in [3.63, 3.8) is 0 Å². The number of aromatic nitrogens is 2. The Morgan fingerprint density at radius 2 is 1.81 bits per heavy atom. The van der Waals surface area contributed by atoms with E-state index in [1.807, 2.05) is 0 Å². The fourth-order valence-corrected chi connectivity index (χ4v) is 2.26. The SMILES string of the molecule is C=CC(=O)Nc1cc(NC(=O)c2cnn(-c3ccc(F)cc3)c2)ccc1F. The molecule has 27 heavy (non-hydrogen) atoms. The minimum atomic E-state index is -0.646. The van der Waals surface area contributed by atoms with Gasteiger partial charge in [0.15, 0.2) is 0 Å². The predicted octanol–water partition coefficient (Wildman–Crippen LogP) is 3.53. The van der Waals surface area contributed by atoms with Gasteiger partial charge in [0.1, 0.15) is 11.6 Å². The molecule has 0 radical (unpaired) electrons. The van der Waals surface area contributed by atoms with Crippen molar-refractivity contribution in [2.24, 2.45) is 0 Å². The van der Waals surface area contributed by atoms with Crippen molar-refractivity contribution >= 4 is 23.2 Å². The van der Waals surface area contributed by atoms with E-state index in [2.05, 4.69) is 22.3 Å². The normalized spacial score (nSPS) is 10.3. The number of carbonyl (C=O) groups is 2. The van der Waals surface area contributed by atoms with Crippen LogP contribution in [-0.2, 0) is 4.79 Å². The van der Waals surface area contributed by atoms with Gasteiger partial charge in [-0.05, 0) is 48.5 Å². The van der Waals surface area contributed by atoms with E-state index < -0.39 is 17.6 Å². The number of nitrogens with one attached hydrogen (secondary N) is 2. The Bertz CT molecular complexity index is 1010. The van der Waals surface area contributed by atoms with Crippen LogP contribution in [-0.4, -0.2) is 21.6 Å². The van der Waals surface area contributed by atoms with Crippen LogP contribution in [0, 0.1) is 11.6 Å². The average Bonchev–Trinajstić information content (AvgIpc) is 3.15. The van der Waals surface area contributed by atoms with Gasteiger partial charge in [0, 0.05) is 11.9 Å². The van der Waals surface area contributed by atoms with Gasteiger partial charge in [0.2, 0.25) is 5.91 Å². The average molecular weight is 368 g/mol. The van der Waals surface area contributed by atoms with Crippen LogP contribution in [0.5, 0.6) is 0 Å². The van der Waals surface area contributed by atoms with Crippen LogP contribution in [0.2, 0.25) is 0 Å². The molecule has 0 aliphatic rings. The molecular formula is C19H14F2N4O2. The zero-order valence-corrected chi connectivity index (χ0v) is 13.9. The number of hydrogen-bond donors (Lipinski definition) is 2. The van der Waals surface area contributed by atoms with Crippen molar-refractivity contribution in [2.45, 2.75) is 0 Å². The fraction of sp³-hybridized carbons (Fsp3) is 0. The monoisotopic (exact) mass is 368 g/mol. The second-order valence-electron chi connectivity index (χ2n) is 5.49. The van der Waals surface area contributed by atoms with Gasteiger partial charge in [-0.3, -0.25) is 9.59 Å². The quantitative estimate of drug-likeness (QED) is 0.677. The van der Waals surface area contributed by atoms with E-state index >= 15 is 0 Å². The van der Waals surface area contributed by atoms with E-state index in [1.165, 1.54) is 53.5 Å². The van der Waals surface area contributed by atoms with Crippen molar-refractivity contribution in [3.05, 3.63) is 84.7 Å². The standard InChI is InChI=1S/C19H14F2N4O2/c1-2-18(26)24-17-9-14(5-8-16(17)21)23-19(27)12-10-22-25(11-12)15-6-3-13(20)4-7-15/h2-11H,1H2,(H,23,27)(H,24,26). The van der Waals surface area contributed by atoms with Gasteiger partial charge in [-0.15, -0.1) is 0 Å². The van der Waals surface area contributed by atoms with E-state index in [-0.39, 0.29) is 22.8 Å². The van der Waals surface area contributed by atoms with Crippen molar-refractivity contribution < 1.29 is 18.4 Å². The lowest BCUT2D eigenvalue weighted by molar-refractivity contribution is -0.111. The molecule has 2 aromatic carbocycles. The van der Waals surface area contributed by atoms with Crippen molar-refractivity contribution in [1.82, 2.24) is 9.78 Å². The highest BCUT2D eigenvalue weighted by Crippen LogP contribution is 2.20. The molecule has 6 nitrogen and oxygen atoms in total. The van der Waals surface area contributed by atoms with E-state index in [4.69, 9.17) is 0 Å². The molecule has 136 valence electrons. The molecule has 8 heteroatoms. The molecule has 0 spiro atoms. The molecule has 0 aliphatic carbocycles. The summed E-state index contributed by atoms with van der Waals surface area (Å²) < 4.78 is 28.2. The summed E-state index contributed by atoms with van der Waals surface area (Å²) in [4.78, 5) is 23.7. The second-order valence-corrected chi connectivity index (χ2v) is 5.49. The van der Waals surface area contributed by atoms with E-state index in [0.29, 0.717) is 5.69 Å². The van der Waals surface area contributed by atoms with E-state index in [1.54, 1.807) is 0 Å². The molecule has 0 unspecified atom stereocenters. The number of rotatable bonds is 5. The number of halogens is 2. The zero-order valence-electron chi connectivity index (χ0n) is 13.9. The zero-order chi connectivity index (χ0) is 19.4. The number of carbonyl (C=O) groups excluding carboxylic acids is 2. The molecule has 1 aromatic heterocycles. The number of amides is 2. The van der Waals surface area contributed by atoms with Gasteiger partial charge in [0.25, 0.3) is 5.91 Å². The van der Waals surface area contributed by atoms with Crippen molar-refractivity contribution in [2.75, 3.05) is 10.6 Å². The van der Waals surface area contributed by atoms with Gasteiger partial charge in [-0.1, -0.05) is 6.58 Å². The van der Waals surface area contributed by atoms with E-state index in [9.17, 15) is 18.4 Å². The summed E-state index contributed by atoms with van der Waals surface area (Å²) in [5, 5.41) is 8.97. The maximum absolute atomic E-state index is 13.7. The maximum Gasteiger partial charge on any atom is 0.258 e. The summed E-state index contributed by atoms with van der Waals surface area (Å²) in [6.07, 6.45) is 3.84. The summed E-state index contributed by atoms with van der Waals surface area (Å²) in [6, 6.07) is 9.40. The fourth-order valence-electron chi connectivity index (χ4n) is 2.26. The number of anilines is 2. The number of nitrogens with zero attached hydrogens (tertiary/aromatic N) is 2. The summed E-state index contributed by atoms with van der Waals surface area (Å²) >= 11 is 0. The molecule has 3 rings (SSSR count). The van der Waals surface area contributed by atoms with Crippen molar-refractivity contribution in [3.8, 4) is 5.69 Å². The summed E-state index contributed by atoms with van der Waals surface area (Å²) in [5.41, 5.74) is 1.04. The molecule has 0 fully saturated rings. The van der Waals surface area contributed by atoms with Crippen molar-refractivity contribution in [1.29, 1.82) is 0 Å². The molecule has 0 bridgehead atoms. The summed E-state index contributed by atoms with van der Waals surface area (Å²) in [5.74, 6) is -2.07. The molecule has 0 aliphatic heterocycles. The minimum Gasteiger partial charge on any atom is -0.322 e. The van der Waals surface area contributed by atoms with Crippen LogP contribution in [0.15, 0.2) is 67.5 Å². The third-order valence-electron chi connectivity index (χ3n) is 3.60. The lowest BCUT2D eigenvalue weighted by atomic mass is 10.2. The Hall–Kier alpha value is -3.81. The molecule has 0 atom stereocenters.